The number of phenolic OH excluding ortho intramolecular Hbond substituents is 2. The van der Waals surface area contributed by atoms with Gasteiger partial charge in [0.15, 0.2) is 0 Å². The average molecular weight is 827 g/mol. The van der Waals surface area contributed by atoms with Gasteiger partial charge in [0, 0.05) is 22.3 Å². The third-order valence-corrected chi connectivity index (χ3v) is 14.6. The summed E-state index contributed by atoms with van der Waals surface area (Å²) in [6.07, 6.45) is 3.75. The molecule has 0 aliphatic carbocycles. The van der Waals surface area contributed by atoms with Crippen LogP contribution in [-0.4, -0.2) is 44.3 Å². The smallest absolute Gasteiger partial charge is 0.244 e. The first-order valence-electron chi connectivity index (χ1n) is 20.0. The minimum atomic E-state index is -1.07. The van der Waals surface area contributed by atoms with E-state index in [0.29, 0.717) is 36.8 Å². The molecular weight excluding hydrogens is 769 g/mol. The predicted molar refractivity (Wildman–Crippen MR) is 235 cm³/mol. The molecule has 0 saturated heterocycles. The minimum absolute atomic E-state index is 0.0388. The number of carbonyl (C=O) groups is 4. The summed E-state index contributed by atoms with van der Waals surface area (Å²) in [5.74, 6) is -2.39. The summed E-state index contributed by atoms with van der Waals surface area (Å²) in [5.41, 5.74) is 14.6. The van der Waals surface area contributed by atoms with Crippen LogP contribution in [-0.2, 0) is 32.0 Å². The fraction of sp³-hybridized carbons (Fsp3) is 0.391. The Morgan fingerprint density at radius 2 is 0.879 bits per heavy atom. The van der Waals surface area contributed by atoms with E-state index in [-0.39, 0.29) is 45.6 Å². The van der Waals surface area contributed by atoms with Gasteiger partial charge in [0.25, 0.3) is 0 Å². The lowest BCUT2D eigenvalue weighted by molar-refractivity contribution is -0.130. The van der Waals surface area contributed by atoms with Gasteiger partial charge in [0.05, 0.1) is 0 Å². The maximum atomic E-state index is 14.2. The Kier molecular flexibility index (Phi) is 18.0. The Morgan fingerprint density at radius 1 is 0.552 bits per heavy atom. The van der Waals surface area contributed by atoms with Crippen LogP contribution in [0.5, 0.6) is 11.5 Å². The van der Waals surface area contributed by atoms with Crippen LogP contribution in [0.4, 0.5) is 0 Å². The molecule has 58 heavy (non-hydrogen) atoms. The van der Waals surface area contributed by atoms with Crippen LogP contribution in [0.25, 0.3) is 0 Å². The first-order valence-corrected chi connectivity index (χ1v) is 22.2. The van der Waals surface area contributed by atoms with Gasteiger partial charge in [0.1, 0.15) is 23.6 Å². The van der Waals surface area contributed by atoms with E-state index in [4.69, 9.17) is 11.5 Å². The number of primary amides is 2. The van der Waals surface area contributed by atoms with Gasteiger partial charge in [-0.1, -0.05) is 147 Å². The summed E-state index contributed by atoms with van der Waals surface area (Å²) in [6.45, 7) is 8.66. The average Bonchev–Trinajstić information content (AvgIpc) is 3.22. The standard InChI is InChI=1S/C46H58N4O6S2/c1-5-29(3)39(27-35(25-31-13-9-7-10-14-31)45(55)49-41(43(47)53)33-17-21-37(51)22-18-33)57-58-40(30(4)6-2)28-36(26-32-15-11-8-12-16-32)46(56)50-42(44(48)54)34-19-23-38(52)24-20-34/h7-24,29-30,35-36,39-42,51-52H,5-6,25-28H2,1-4H3,(H2,47,53)(H2,48,54)(H,49,55)(H,50,56)/t29?,30?,35?,36?,39?,40?,41-,42-/m0/s1. The highest BCUT2D eigenvalue weighted by Gasteiger charge is 2.34. The highest BCUT2D eigenvalue weighted by molar-refractivity contribution is 8.77. The molecular formula is C46H58N4O6S2. The monoisotopic (exact) mass is 826 g/mol. The molecule has 0 saturated carbocycles. The first-order chi connectivity index (χ1) is 27.8. The number of rotatable bonds is 23. The van der Waals surface area contributed by atoms with E-state index in [2.05, 4.69) is 38.3 Å². The van der Waals surface area contributed by atoms with Gasteiger partial charge in [-0.25, -0.2) is 0 Å². The summed E-state index contributed by atoms with van der Waals surface area (Å²) in [5, 5.41) is 25.6. The van der Waals surface area contributed by atoms with E-state index in [1.165, 1.54) is 24.3 Å². The molecule has 0 fully saturated rings. The summed E-state index contributed by atoms with van der Waals surface area (Å²) in [4.78, 5) is 53.7. The van der Waals surface area contributed by atoms with E-state index >= 15 is 0 Å². The quantitative estimate of drug-likeness (QED) is 0.0410. The van der Waals surface area contributed by atoms with Crippen molar-refractivity contribution in [3.05, 3.63) is 131 Å². The molecule has 0 aromatic heterocycles. The van der Waals surface area contributed by atoms with Gasteiger partial charge >= 0.3 is 0 Å². The van der Waals surface area contributed by atoms with Crippen LogP contribution in [0, 0.1) is 23.7 Å². The number of amides is 4. The topological polar surface area (TPSA) is 185 Å². The number of hydrogen-bond donors (Lipinski definition) is 6. The molecule has 8 N–H and O–H groups in total. The van der Waals surface area contributed by atoms with Crippen molar-refractivity contribution in [2.45, 2.75) is 88.8 Å². The number of phenols is 2. The SMILES string of the molecule is CCC(C)C(CC(Cc1ccccc1)C(=O)N[C@H](C(N)=O)c1ccc(O)cc1)SSC(CC(Cc1ccccc1)C(=O)N[C@H](C(N)=O)c1ccc(O)cc1)C(C)CC. The third-order valence-electron chi connectivity index (χ3n) is 10.9. The predicted octanol–water partition coefficient (Wildman–Crippen LogP) is 7.79. The molecule has 310 valence electrons. The van der Waals surface area contributed by atoms with Crippen molar-refractivity contribution in [3.8, 4) is 11.5 Å². The summed E-state index contributed by atoms with van der Waals surface area (Å²) in [6, 6.07) is 29.6. The molecule has 6 unspecified atom stereocenters. The van der Waals surface area contributed by atoms with Gasteiger partial charge in [0.2, 0.25) is 23.6 Å². The van der Waals surface area contributed by atoms with Crippen molar-refractivity contribution in [1.82, 2.24) is 10.6 Å². The van der Waals surface area contributed by atoms with Crippen molar-refractivity contribution < 1.29 is 29.4 Å². The van der Waals surface area contributed by atoms with E-state index in [9.17, 15) is 29.4 Å². The Labute approximate surface area is 350 Å². The fourth-order valence-electron chi connectivity index (χ4n) is 6.82. The van der Waals surface area contributed by atoms with Gasteiger partial charge in [-0.05, 0) is 84.0 Å². The molecule has 12 heteroatoms. The van der Waals surface area contributed by atoms with Crippen molar-refractivity contribution in [2.75, 3.05) is 0 Å². The van der Waals surface area contributed by atoms with Crippen LogP contribution in [0.15, 0.2) is 109 Å². The second-order valence-electron chi connectivity index (χ2n) is 15.2. The zero-order chi connectivity index (χ0) is 42.2. The number of benzene rings is 4. The van der Waals surface area contributed by atoms with Crippen molar-refractivity contribution in [3.63, 3.8) is 0 Å². The van der Waals surface area contributed by atoms with Gasteiger partial charge < -0.3 is 32.3 Å². The first kappa shape index (κ1) is 45.8. The van der Waals surface area contributed by atoms with E-state index in [0.717, 1.165) is 24.0 Å². The summed E-state index contributed by atoms with van der Waals surface area (Å²) >= 11 is 0. The largest absolute Gasteiger partial charge is 0.508 e. The number of aromatic hydroxyl groups is 2. The number of hydrogen-bond acceptors (Lipinski definition) is 8. The maximum absolute atomic E-state index is 14.2. The Balaban J connectivity index is 1.59. The van der Waals surface area contributed by atoms with Gasteiger partial charge in [-0.3, -0.25) is 19.2 Å². The van der Waals surface area contributed by atoms with E-state index in [1.54, 1.807) is 45.9 Å². The molecule has 0 heterocycles. The number of nitrogens with two attached hydrogens (primary N) is 2. The molecule has 0 radical (unpaired) electrons. The van der Waals surface area contributed by atoms with E-state index in [1.807, 2.05) is 60.7 Å². The maximum Gasteiger partial charge on any atom is 0.244 e. The zero-order valence-corrected chi connectivity index (χ0v) is 35.4. The number of nitrogens with one attached hydrogen (secondary N) is 2. The molecule has 4 rings (SSSR count). The van der Waals surface area contributed by atoms with E-state index < -0.39 is 35.7 Å². The Morgan fingerprint density at radius 3 is 1.17 bits per heavy atom. The van der Waals surface area contributed by atoms with Crippen LogP contribution >= 0.6 is 21.6 Å². The molecule has 0 aliphatic rings. The van der Waals surface area contributed by atoms with Crippen molar-refractivity contribution in [2.24, 2.45) is 35.1 Å². The molecule has 0 spiro atoms. The fourth-order valence-corrected chi connectivity index (χ4v) is 11.0. The van der Waals surface area contributed by atoms with Crippen LogP contribution in [0.1, 0.15) is 87.7 Å². The summed E-state index contributed by atoms with van der Waals surface area (Å²) in [7, 11) is 3.50. The molecule has 10 nitrogen and oxygen atoms in total. The van der Waals surface area contributed by atoms with Crippen LogP contribution in [0.2, 0.25) is 0 Å². The second kappa shape index (κ2) is 22.9. The lowest BCUT2D eigenvalue weighted by atomic mass is 9.89. The lowest BCUT2D eigenvalue weighted by Gasteiger charge is -2.31. The van der Waals surface area contributed by atoms with Crippen LogP contribution in [0.3, 0.4) is 0 Å². The minimum Gasteiger partial charge on any atom is -0.508 e. The number of carbonyl (C=O) groups excluding carboxylic acids is 4. The van der Waals surface area contributed by atoms with Crippen LogP contribution < -0.4 is 22.1 Å². The highest BCUT2D eigenvalue weighted by atomic mass is 33.1. The Bertz CT molecular complexity index is 1760. The summed E-state index contributed by atoms with van der Waals surface area (Å²) < 4.78 is 0. The molecule has 0 aliphatic heterocycles. The van der Waals surface area contributed by atoms with Crippen molar-refractivity contribution >= 4 is 45.2 Å². The third kappa shape index (κ3) is 13.9. The molecule has 0 bridgehead atoms. The van der Waals surface area contributed by atoms with Gasteiger partial charge in [-0.15, -0.1) is 0 Å². The Hall–Kier alpha value is -4.94. The second-order valence-corrected chi connectivity index (χ2v) is 17.9. The van der Waals surface area contributed by atoms with Gasteiger partial charge in [-0.2, -0.15) is 0 Å². The lowest BCUT2D eigenvalue weighted by Crippen LogP contribution is -2.42. The zero-order valence-electron chi connectivity index (χ0n) is 33.8. The van der Waals surface area contributed by atoms with Crippen molar-refractivity contribution in [1.29, 1.82) is 0 Å². The normalized spacial score (nSPS) is 15.4. The molecule has 4 aromatic rings. The molecule has 4 amide bonds. The molecule has 4 aromatic carbocycles. The molecule has 8 atom stereocenters. The highest BCUT2D eigenvalue weighted by Crippen LogP contribution is 2.44.